The van der Waals surface area contributed by atoms with Crippen molar-refractivity contribution in [2.75, 3.05) is 13.2 Å². The number of para-hydroxylation sites is 1. The number of carbonyl (C=O) groups excluding carboxylic acids is 2. The van der Waals surface area contributed by atoms with Crippen molar-refractivity contribution in [3.63, 3.8) is 0 Å². The van der Waals surface area contributed by atoms with Gasteiger partial charge in [-0.1, -0.05) is 55.8 Å². The summed E-state index contributed by atoms with van der Waals surface area (Å²) in [4.78, 5) is 24.9. The maximum absolute atomic E-state index is 12.9. The quantitative estimate of drug-likeness (QED) is 0.547. The highest BCUT2D eigenvalue weighted by Gasteiger charge is 2.22. The normalized spacial score (nSPS) is 10.9. The molecule has 0 saturated heterocycles. The minimum Gasteiger partial charge on any atom is -0.452 e. The van der Waals surface area contributed by atoms with Crippen molar-refractivity contribution >= 4 is 11.9 Å². The van der Waals surface area contributed by atoms with Gasteiger partial charge in [0.05, 0.1) is 5.69 Å². The minimum absolute atomic E-state index is 0.308. The molecule has 162 valence electrons. The summed E-state index contributed by atoms with van der Waals surface area (Å²) < 4.78 is 6.98. The fraction of sp³-hybridized carbons (Fsp3) is 0.320. The largest absolute Gasteiger partial charge is 0.452 e. The van der Waals surface area contributed by atoms with E-state index in [9.17, 15) is 9.59 Å². The Bertz CT molecular complexity index is 1060. The van der Waals surface area contributed by atoms with E-state index in [4.69, 9.17) is 4.74 Å². The van der Waals surface area contributed by atoms with E-state index >= 15 is 0 Å². The highest BCUT2D eigenvalue weighted by molar-refractivity contribution is 5.97. The predicted octanol–water partition coefficient (Wildman–Crippen LogP) is 4.48. The van der Waals surface area contributed by atoms with Crippen LogP contribution in [0.3, 0.4) is 0 Å². The Kier molecular flexibility index (Phi) is 7.23. The number of rotatable bonds is 8. The first-order chi connectivity index (χ1) is 14.8. The Labute approximate surface area is 183 Å². The van der Waals surface area contributed by atoms with Gasteiger partial charge >= 0.3 is 5.97 Å². The lowest BCUT2D eigenvalue weighted by Crippen LogP contribution is -2.30. The van der Waals surface area contributed by atoms with Crippen LogP contribution in [0.1, 0.15) is 41.8 Å². The van der Waals surface area contributed by atoms with Gasteiger partial charge in [0.25, 0.3) is 5.91 Å². The summed E-state index contributed by atoms with van der Waals surface area (Å²) in [5, 5.41) is 7.45. The molecule has 0 aliphatic carbocycles. The monoisotopic (exact) mass is 419 g/mol. The number of aryl methyl sites for hydroxylation is 2. The van der Waals surface area contributed by atoms with E-state index in [-0.39, 0.29) is 12.5 Å². The molecule has 1 aromatic heterocycles. The van der Waals surface area contributed by atoms with Crippen LogP contribution in [0.2, 0.25) is 0 Å². The average Bonchev–Trinajstić information content (AvgIpc) is 3.17. The molecule has 0 atom stereocenters. The molecule has 0 aliphatic rings. The first-order valence-corrected chi connectivity index (χ1v) is 10.5. The number of carbonyl (C=O) groups is 2. The average molecular weight is 420 g/mol. The molecule has 1 amide bonds. The van der Waals surface area contributed by atoms with E-state index in [1.165, 1.54) is 0 Å². The van der Waals surface area contributed by atoms with Crippen molar-refractivity contribution in [1.29, 1.82) is 0 Å². The molecule has 0 spiro atoms. The van der Waals surface area contributed by atoms with Crippen LogP contribution < -0.4 is 5.32 Å². The van der Waals surface area contributed by atoms with Crippen LogP contribution in [0.5, 0.6) is 0 Å². The predicted molar refractivity (Wildman–Crippen MR) is 121 cm³/mol. The topological polar surface area (TPSA) is 73.2 Å². The van der Waals surface area contributed by atoms with Crippen molar-refractivity contribution < 1.29 is 14.3 Å². The fourth-order valence-electron chi connectivity index (χ4n) is 3.27. The molecule has 3 rings (SSSR count). The third-order valence-electron chi connectivity index (χ3n) is 4.97. The van der Waals surface area contributed by atoms with Gasteiger partial charge in [0.2, 0.25) is 0 Å². The molecule has 0 saturated carbocycles. The van der Waals surface area contributed by atoms with Crippen LogP contribution in [0, 0.1) is 19.8 Å². The van der Waals surface area contributed by atoms with Gasteiger partial charge in [-0.05, 0) is 43.9 Å². The number of ether oxygens (including phenoxy) is 1. The molecule has 0 unspecified atom stereocenters. The van der Waals surface area contributed by atoms with Crippen LogP contribution in [0.4, 0.5) is 0 Å². The van der Waals surface area contributed by atoms with Crippen LogP contribution in [-0.2, 0) is 9.53 Å². The van der Waals surface area contributed by atoms with Gasteiger partial charge in [-0.3, -0.25) is 4.79 Å². The molecule has 1 N–H and O–H groups in total. The second-order valence-electron chi connectivity index (χ2n) is 8.10. The summed E-state index contributed by atoms with van der Waals surface area (Å²) in [6.07, 6.45) is 2.53. The highest BCUT2D eigenvalue weighted by atomic mass is 16.5. The van der Waals surface area contributed by atoms with Gasteiger partial charge in [0.15, 0.2) is 6.61 Å². The SMILES string of the molecule is Cc1ccc(-c2nn(-c3ccccc3)cc2C(=O)OCC(=O)NCCC(C)C)c(C)c1. The minimum atomic E-state index is -0.573. The summed E-state index contributed by atoms with van der Waals surface area (Å²) >= 11 is 0. The zero-order valence-electron chi connectivity index (χ0n) is 18.5. The zero-order chi connectivity index (χ0) is 22.4. The lowest BCUT2D eigenvalue weighted by molar-refractivity contribution is -0.124. The summed E-state index contributed by atoms with van der Waals surface area (Å²) in [6.45, 7) is 8.43. The number of hydrogen-bond acceptors (Lipinski definition) is 4. The van der Waals surface area contributed by atoms with Gasteiger partial charge in [-0.15, -0.1) is 0 Å². The Morgan fingerprint density at radius 1 is 1.10 bits per heavy atom. The van der Waals surface area contributed by atoms with E-state index in [0.717, 1.165) is 28.8 Å². The third kappa shape index (κ3) is 5.81. The molecule has 0 radical (unpaired) electrons. The third-order valence-corrected chi connectivity index (χ3v) is 4.97. The van der Waals surface area contributed by atoms with Crippen LogP contribution in [0.25, 0.3) is 16.9 Å². The smallest absolute Gasteiger partial charge is 0.342 e. The molecule has 1 heterocycles. The molecule has 0 aliphatic heterocycles. The van der Waals surface area contributed by atoms with Crippen LogP contribution >= 0.6 is 0 Å². The Morgan fingerprint density at radius 2 is 1.84 bits per heavy atom. The van der Waals surface area contributed by atoms with Crippen LogP contribution in [0.15, 0.2) is 54.7 Å². The molecule has 31 heavy (non-hydrogen) atoms. The summed E-state index contributed by atoms with van der Waals surface area (Å²) in [7, 11) is 0. The fourth-order valence-corrected chi connectivity index (χ4v) is 3.27. The first kappa shape index (κ1) is 22.3. The maximum atomic E-state index is 12.9. The summed E-state index contributed by atoms with van der Waals surface area (Å²) in [5.41, 5.74) is 4.69. The van der Waals surface area contributed by atoms with Crippen molar-refractivity contribution in [3.05, 3.63) is 71.4 Å². The summed E-state index contributed by atoms with van der Waals surface area (Å²) in [6, 6.07) is 15.6. The molecule has 6 nitrogen and oxygen atoms in total. The standard InChI is InChI=1S/C25H29N3O3/c1-17(2)12-13-26-23(29)16-31-25(30)22-15-28(20-8-6-5-7-9-20)27-24(22)21-11-10-18(3)14-19(21)4/h5-11,14-15,17H,12-13,16H2,1-4H3,(H,26,29). The number of benzene rings is 2. The van der Waals surface area contributed by atoms with Crippen molar-refractivity contribution in [3.8, 4) is 16.9 Å². The Morgan fingerprint density at radius 3 is 2.52 bits per heavy atom. The lowest BCUT2D eigenvalue weighted by atomic mass is 10.0. The maximum Gasteiger partial charge on any atom is 0.342 e. The Balaban J connectivity index is 1.84. The number of aromatic nitrogens is 2. The molecule has 2 aromatic carbocycles. The second kappa shape index (κ2) is 10.1. The van der Waals surface area contributed by atoms with E-state index in [1.54, 1.807) is 10.9 Å². The number of nitrogens with zero attached hydrogens (tertiary/aromatic N) is 2. The molecule has 0 bridgehead atoms. The molecule has 0 fully saturated rings. The highest BCUT2D eigenvalue weighted by Crippen LogP contribution is 2.28. The van der Waals surface area contributed by atoms with Crippen molar-refractivity contribution in [2.24, 2.45) is 5.92 Å². The molecular formula is C25H29N3O3. The van der Waals surface area contributed by atoms with Crippen LogP contribution in [-0.4, -0.2) is 34.8 Å². The van der Waals surface area contributed by atoms with E-state index < -0.39 is 5.97 Å². The van der Waals surface area contributed by atoms with E-state index in [2.05, 4.69) is 24.3 Å². The Hall–Kier alpha value is -3.41. The van der Waals surface area contributed by atoms with Crippen molar-refractivity contribution in [2.45, 2.75) is 34.1 Å². The lowest BCUT2D eigenvalue weighted by Gasteiger charge is -2.09. The number of amides is 1. The summed E-state index contributed by atoms with van der Waals surface area (Å²) in [5.74, 6) is -0.388. The number of nitrogens with one attached hydrogen (secondary N) is 1. The number of esters is 1. The van der Waals surface area contributed by atoms with Gasteiger partial charge in [-0.25, -0.2) is 9.48 Å². The molecule has 3 aromatic rings. The van der Waals surface area contributed by atoms with Gasteiger partial charge in [0, 0.05) is 18.3 Å². The van der Waals surface area contributed by atoms with Gasteiger partial charge in [0.1, 0.15) is 11.3 Å². The van der Waals surface area contributed by atoms with Gasteiger partial charge < -0.3 is 10.1 Å². The zero-order valence-corrected chi connectivity index (χ0v) is 18.5. The van der Waals surface area contributed by atoms with Crippen molar-refractivity contribution in [1.82, 2.24) is 15.1 Å². The number of hydrogen-bond donors (Lipinski definition) is 1. The molecular weight excluding hydrogens is 390 g/mol. The van der Waals surface area contributed by atoms with E-state index in [0.29, 0.717) is 23.7 Å². The van der Waals surface area contributed by atoms with Gasteiger partial charge in [-0.2, -0.15) is 5.10 Å². The van der Waals surface area contributed by atoms with E-state index in [1.807, 2.05) is 62.4 Å². The molecule has 6 heteroatoms. The first-order valence-electron chi connectivity index (χ1n) is 10.5. The second-order valence-corrected chi connectivity index (χ2v) is 8.10.